The number of anilines is 2. The second-order valence-corrected chi connectivity index (χ2v) is 3.61. The molecule has 0 aliphatic rings. The molecule has 1 amide bonds. The van der Waals surface area contributed by atoms with E-state index in [1.54, 1.807) is 37.3 Å². The van der Waals surface area contributed by atoms with Gasteiger partial charge in [-0.2, -0.15) is 15.6 Å². The lowest BCUT2D eigenvalue weighted by Crippen LogP contribution is -2.10. The smallest absolute Gasteiger partial charge is 0.237 e. The molecule has 0 bridgehead atoms. The van der Waals surface area contributed by atoms with Crippen LogP contribution >= 0.6 is 0 Å². The van der Waals surface area contributed by atoms with Crippen LogP contribution in [0.25, 0.3) is 0 Å². The summed E-state index contributed by atoms with van der Waals surface area (Å²) >= 11 is 0. The minimum absolute atomic E-state index is 0.127. The first-order valence-electron chi connectivity index (χ1n) is 5.76. The number of hydrazone groups is 1. The van der Waals surface area contributed by atoms with Crippen molar-refractivity contribution in [2.24, 2.45) is 5.10 Å². The normalized spacial score (nSPS) is 8.80. The summed E-state index contributed by atoms with van der Waals surface area (Å²) in [5, 5.41) is 23.4. The van der Waals surface area contributed by atoms with Gasteiger partial charge in [-0.05, 0) is 12.1 Å². The molecule has 0 spiro atoms. The fourth-order valence-electron chi connectivity index (χ4n) is 1.30. The van der Waals surface area contributed by atoms with E-state index in [1.807, 2.05) is 0 Å². The van der Waals surface area contributed by atoms with Crippen LogP contribution in [0, 0.1) is 22.7 Å². The van der Waals surface area contributed by atoms with Gasteiger partial charge in [-0.1, -0.05) is 6.92 Å². The summed E-state index contributed by atoms with van der Waals surface area (Å²) in [7, 11) is 1.47. The Bertz CT molecular complexity index is 594. The summed E-state index contributed by atoms with van der Waals surface area (Å²) in [6.07, 6.45) is 0.362. The fraction of sp³-hybridized carbons (Fsp3) is 0.231. The standard InChI is InChI=1S/C13H13N5O2/c1-3-13(19)16-11-5-4-9(6-12(11)20-2)17-18-10(7-14)8-15/h4-6,17H,3H2,1-2H3,(H,16,19). The molecule has 0 aliphatic carbocycles. The largest absolute Gasteiger partial charge is 0.494 e. The van der Waals surface area contributed by atoms with Gasteiger partial charge in [0.15, 0.2) is 0 Å². The maximum Gasteiger partial charge on any atom is 0.237 e. The topological polar surface area (TPSA) is 110 Å². The van der Waals surface area contributed by atoms with E-state index < -0.39 is 0 Å². The molecule has 7 nitrogen and oxygen atoms in total. The molecule has 102 valence electrons. The Morgan fingerprint density at radius 3 is 2.65 bits per heavy atom. The van der Waals surface area contributed by atoms with Gasteiger partial charge in [-0.15, -0.1) is 0 Å². The second-order valence-electron chi connectivity index (χ2n) is 3.61. The number of amides is 1. The van der Waals surface area contributed by atoms with E-state index in [0.717, 1.165) is 0 Å². The number of hydrogen-bond acceptors (Lipinski definition) is 6. The highest BCUT2D eigenvalue weighted by Gasteiger charge is 2.07. The van der Waals surface area contributed by atoms with Gasteiger partial charge in [0.05, 0.1) is 18.5 Å². The van der Waals surface area contributed by atoms with Gasteiger partial charge in [-0.3, -0.25) is 10.2 Å². The minimum atomic E-state index is -0.285. The molecule has 1 rings (SSSR count). The highest BCUT2D eigenvalue weighted by molar-refractivity contribution is 6.10. The third-order valence-corrected chi connectivity index (χ3v) is 2.31. The Morgan fingerprint density at radius 2 is 2.10 bits per heavy atom. The van der Waals surface area contributed by atoms with Crippen molar-refractivity contribution in [1.82, 2.24) is 0 Å². The van der Waals surface area contributed by atoms with Crippen molar-refractivity contribution in [3.05, 3.63) is 18.2 Å². The van der Waals surface area contributed by atoms with E-state index in [1.165, 1.54) is 7.11 Å². The van der Waals surface area contributed by atoms with Gasteiger partial charge in [-0.25, -0.2) is 0 Å². The van der Waals surface area contributed by atoms with Crippen molar-refractivity contribution in [1.29, 1.82) is 10.5 Å². The zero-order chi connectivity index (χ0) is 15.0. The quantitative estimate of drug-likeness (QED) is 0.627. The van der Waals surface area contributed by atoms with Gasteiger partial charge in [0.1, 0.15) is 17.9 Å². The van der Waals surface area contributed by atoms with Crippen molar-refractivity contribution in [2.45, 2.75) is 13.3 Å². The lowest BCUT2D eigenvalue weighted by Gasteiger charge is -2.11. The van der Waals surface area contributed by atoms with E-state index in [9.17, 15) is 4.79 Å². The SMILES string of the molecule is CCC(=O)Nc1ccc(NN=C(C#N)C#N)cc1OC. The molecule has 0 radical (unpaired) electrons. The van der Waals surface area contributed by atoms with Crippen LogP contribution in [0.15, 0.2) is 23.3 Å². The monoisotopic (exact) mass is 271 g/mol. The molecule has 0 aromatic heterocycles. The third kappa shape index (κ3) is 4.00. The summed E-state index contributed by atoms with van der Waals surface area (Å²) in [4.78, 5) is 11.4. The molecule has 0 atom stereocenters. The molecule has 7 heteroatoms. The molecule has 0 fully saturated rings. The average molecular weight is 271 g/mol. The zero-order valence-corrected chi connectivity index (χ0v) is 11.1. The molecular formula is C13H13N5O2. The molecule has 0 aliphatic heterocycles. The van der Waals surface area contributed by atoms with Gasteiger partial charge >= 0.3 is 0 Å². The van der Waals surface area contributed by atoms with Crippen LogP contribution < -0.4 is 15.5 Å². The molecule has 1 aromatic rings. The maximum absolute atomic E-state index is 11.4. The highest BCUT2D eigenvalue weighted by Crippen LogP contribution is 2.28. The second kappa shape index (κ2) is 7.39. The van der Waals surface area contributed by atoms with Gasteiger partial charge < -0.3 is 10.1 Å². The molecule has 20 heavy (non-hydrogen) atoms. The minimum Gasteiger partial charge on any atom is -0.494 e. The Kier molecular flexibility index (Phi) is 5.54. The lowest BCUT2D eigenvalue weighted by atomic mass is 10.2. The summed E-state index contributed by atoms with van der Waals surface area (Å²) in [6.45, 7) is 1.75. The number of ether oxygens (including phenoxy) is 1. The van der Waals surface area contributed by atoms with Crippen LogP contribution in [0.3, 0.4) is 0 Å². The first-order chi connectivity index (χ1) is 9.64. The lowest BCUT2D eigenvalue weighted by molar-refractivity contribution is -0.115. The van der Waals surface area contributed by atoms with Gasteiger partial charge in [0.25, 0.3) is 0 Å². The van der Waals surface area contributed by atoms with Crippen molar-refractivity contribution < 1.29 is 9.53 Å². The van der Waals surface area contributed by atoms with Crippen molar-refractivity contribution >= 4 is 23.0 Å². The number of benzene rings is 1. The number of nitrogens with one attached hydrogen (secondary N) is 2. The van der Waals surface area contributed by atoms with Gasteiger partial charge in [0.2, 0.25) is 11.6 Å². The van der Waals surface area contributed by atoms with Crippen molar-refractivity contribution in [2.75, 3.05) is 17.9 Å². The van der Waals surface area contributed by atoms with Crippen LogP contribution in [0.4, 0.5) is 11.4 Å². The third-order valence-electron chi connectivity index (χ3n) is 2.31. The zero-order valence-electron chi connectivity index (χ0n) is 11.1. The Hall–Kier alpha value is -3.06. The average Bonchev–Trinajstić information content (AvgIpc) is 2.49. The van der Waals surface area contributed by atoms with E-state index in [4.69, 9.17) is 15.3 Å². The number of carbonyl (C=O) groups is 1. The van der Waals surface area contributed by atoms with Gasteiger partial charge in [0, 0.05) is 12.5 Å². The Balaban J connectivity index is 2.93. The Labute approximate surface area is 116 Å². The number of hydrogen-bond donors (Lipinski definition) is 2. The molecule has 0 unspecified atom stereocenters. The van der Waals surface area contributed by atoms with Crippen LogP contribution in [0.1, 0.15) is 13.3 Å². The van der Waals surface area contributed by atoms with Crippen molar-refractivity contribution in [3.8, 4) is 17.9 Å². The predicted molar refractivity (Wildman–Crippen MR) is 74.2 cm³/mol. The van der Waals surface area contributed by atoms with Crippen molar-refractivity contribution in [3.63, 3.8) is 0 Å². The van der Waals surface area contributed by atoms with Crippen LogP contribution in [0.5, 0.6) is 5.75 Å². The summed E-state index contributed by atoms with van der Waals surface area (Å²) < 4.78 is 5.16. The fourth-order valence-corrected chi connectivity index (χ4v) is 1.30. The number of methoxy groups -OCH3 is 1. The maximum atomic E-state index is 11.4. The molecule has 0 heterocycles. The number of rotatable bonds is 5. The van der Waals surface area contributed by atoms with Crippen LogP contribution in [0.2, 0.25) is 0 Å². The molecule has 1 aromatic carbocycles. The first kappa shape index (κ1) is 15.0. The first-order valence-corrected chi connectivity index (χ1v) is 5.76. The number of carbonyl (C=O) groups excluding carboxylic acids is 1. The van der Waals surface area contributed by atoms with E-state index in [-0.39, 0.29) is 11.6 Å². The van der Waals surface area contributed by atoms with E-state index in [0.29, 0.717) is 23.5 Å². The molecule has 0 saturated carbocycles. The summed E-state index contributed by atoms with van der Waals surface area (Å²) in [5.41, 5.74) is 3.35. The summed E-state index contributed by atoms with van der Waals surface area (Å²) in [6, 6.07) is 8.15. The predicted octanol–water partition coefficient (Wildman–Crippen LogP) is 1.86. The number of nitriles is 2. The highest BCUT2D eigenvalue weighted by atomic mass is 16.5. The summed E-state index contributed by atoms with van der Waals surface area (Å²) in [5.74, 6) is 0.320. The van der Waals surface area contributed by atoms with E-state index in [2.05, 4.69) is 15.8 Å². The van der Waals surface area contributed by atoms with E-state index >= 15 is 0 Å². The van der Waals surface area contributed by atoms with Crippen LogP contribution in [-0.2, 0) is 4.79 Å². The number of nitrogens with zero attached hydrogens (tertiary/aromatic N) is 3. The molecule has 0 saturated heterocycles. The molecular weight excluding hydrogens is 258 g/mol. The Morgan fingerprint density at radius 1 is 1.40 bits per heavy atom. The molecule has 2 N–H and O–H groups in total. The van der Waals surface area contributed by atoms with Crippen LogP contribution in [-0.4, -0.2) is 18.7 Å².